The Hall–Kier alpha value is -2.87. The predicted octanol–water partition coefficient (Wildman–Crippen LogP) is 2.44. The molecule has 1 aromatic heterocycles. The van der Waals surface area contributed by atoms with E-state index in [1.54, 1.807) is 4.68 Å². The van der Waals surface area contributed by atoms with E-state index in [4.69, 9.17) is 9.73 Å². The van der Waals surface area contributed by atoms with Gasteiger partial charge in [0.2, 0.25) is 0 Å². The lowest BCUT2D eigenvalue weighted by atomic mass is 10.1. The van der Waals surface area contributed by atoms with Crippen molar-refractivity contribution in [1.82, 2.24) is 24.9 Å². The zero-order chi connectivity index (χ0) is 22.2. The summed E-state index contributed by atoms with van der Waals surface area (Å²) in [5, 5.41) is 7.66. The molecule has 0 bridgehead atoms. The third-order valence-electron chi connectivity index (χ3n) is 5.46. The van der Waals surface area contributed by atoms with Crippen LogP contribution in [-0.4, -0.2) is 70.8 Å². The maximum absolute atomic E-state index is 12.5. The van der Waals surface area contributed by atoms with Gasteiger partial charge in [0.1, 0.15) is 6.10 Å². The average molecular weight is 427 g/mol. The molecule has 1 fully saturated rings. The van der Waals surface area contributed by atoms with E-state index in [2.05, 4.69) is 22.2 Å². The number of benzene rings is 1. The summed E-state index contributed by atoms with van der Waals surface area (Å²) in [7, 11) is 1.91. The second-order valence-electron chi connectivity index (χ2n) is 7.60. The Balaban J connectivity index is 1.67. The monoisotopic (exact) mass is 426 g/mol. The zero-order valence-electron chi connectivity index (χ0n) is 19.0. The van der Waals surface area contributed by atoms with Gasteiger partial charge in [-0.25, -0.2) is 4.99 Å². The number of rotatable bonds is 7. The maximum atomic E-state index is 12.5. The van der Waals surface area contributed by atoms with E-state index in [-0.39, 0.29) is 12.0 Å². The molecule has 1 aliphatic heterocycles. The second-order valence-corrected chi connectivity index (χ2v) is 7.60. The first kappa shape index (κ1) is 22.8. The molecule has 2 heterocycles. The van der Waals surface area contributed by atoms with Gasteiger partial charge in [-0.1, -0.05) is 12.1 Å². The number of aromatic nitrogens is 2. The number of carbonyl (C=O) groups is 1. The molecule has 1 amide bonds. The largest absolute Gasteiger partial charge is 0.370 e. The molecule has 3 rings (SSSR count). The lowest BCUT2D eigenvalue weighted by Gasteiger charge is -2.34. The Morgan fingerprint density at radius 1 is 1.26 bits per heavy atom. The molecule has 1 aromatic carbocycles. The van der Waals surface area contributed by atoms with Crippen LogP contribution < -0.4 is 5.32 Å². The SMILES string of the molecule is CCNC(=NCc1ccc(C(=O)N(CC)CC)cc1)N1CCOC(c2cnn(C)c2)C1. The maximum Gasteiger partial charge on any atom is 0.253 e. The van der Waals surface area contributed by atoms with Crippen molar-refractivity contribution in [2.24, 2.45) is 12.0 Å². The zero-order valence-corrected chi connectivity index (χ0v) is 19.0. The number of nitrogens with zero attached hydrogens (tertiary/aromatic N) is 5. The van der Waals surface area contributed by atoms with Gasteiger partial charge in [-0.3, -0.25) is 9.48 Å². The van der Waals surface area contributed by atoms with E-state index < -0.39 is 0 Å². The molecule has 8 heteroatoms. The lowest BCUT2D eigenvalue weighted by molar-refractivity contribution is -0.00805. The van der Waals surface area contributed by atoms with E-state index in [0.717, 1.165) is 42.3 Å². The van der Waals surface area contributed by atoms with Crippen LogP contribution in [0.2, 0.25) is 0 Å². The van der Waals surface area contributed by atoms with Crippen molar-refractivity contribution in [2.45, 2.75) is 33.4 Å². The van der Waals surface area contributed by atoms with E-state index >= 15 is 0 Å². The van der Waals surface area contributed by atoms with Gasteiger partial charge in [-0.15, -0.1) is 0 Å². The molecule has 31 heavy (non-hydrogen) atoms. The van der Waals surface area contributed by atoms with Gasteiger partial charge >= 0.3 is 0 Å². The van der Waals surface area contributed by atoms with Crippen LogP contribution in [0.5, 0.6) is 0 Å². The number of morpholine rings is 1. The number of aliphatic imine (C=N–C) groups is 1. The molecular formula is C23H34N6O2. The van der Waals surface area contributed by atoms with E-state index in [1.807, 2.05) is 62.5 Å². The topological polar surface area (TPSA) is 75.0 Å². The number of ether oxygens (including phenoxy) is 1. The highest BCUT2D eigenvalue weighted by atomic mass is 16.5. The molecule has 1 saturated heterocycles. The van der Waals surface area contributed by atoms with E-state index in [9.17, 15) is 4.79 Å². The summed E-state index contributed by atoms with van der Waals surface area (Å²) >= 11 is 0. The van der Waals surface area contributed by atoms with Crippen LogP contribution in [0.15, 0.2) is 41.7 Å². The number of carbonyl (C=O) groups excluding carboxylic acids is 1. The number of amides is 1. The quantitative estimate of drug-likeness (QED) is 0.544. The summed E-state index contributed by atoms with van der Waals surface area (Å²) in [6, 6.07) is 7.76. The fraction of sp³-hybridized carbons (Fsp3) is 0.522. The Morgan fingerprint density at radius 3 is 2.61 bits per heavy atom. The van der Waals surface area contributed by atoms with Crippen molar-refractivity contribution in [3.8, 4) is 0 Å². The van der Waals surface area contributed by atoms with E-state index in [0.29, 0.717) is 26.2 Å². The first-order valence-electron chi connectivity index (χ1n) is 11.1. The second kappa shape index (κ2) is 10.9. The van der Waals surface area contributed by atoms with Crippen molar-refractivity contribution < 1.29 is 9.53 Å². The molecule has 8 nitrogen and oxygen atoms in total. The van der Waals surface area contributed by atoms with Crippen LogP contribution in [0.4, 0.5) is 0 Å². The van der Waals surface area contributed by atoms with E-state index in [1.165, 1.54) is 0 Å². The molecule has 0 radical (unpaired) electrons. The minimum absolute atomic E-state index is 0.0170. The standard InChI is InChI=1S/C23H34N6O2/c1-5-24-23(29-12-13-31-21(17-29)20-15-26-27(4)16-20)25-14-18-8-10-19(11-9-18)22(30)28(6-2)7-3/h8-11,15-16,21H,5-7,12-14,17H2,1-4H3,(H,24,25). The average Bonchev–Trinajstić information content (AvgIpc) is 3.24. The van der Waals surface area contributed by atoms with Crippen LogP contribution in [0.3, 0.4) is 0 Å². The molecule has 0 aliphatic carbocycles. The number of guanidine groups is 1. The molecule has 1 aliphatic rings. The van der Waals surface area contributed by atoms with Crippen molar-refractivity contribution in [1.29, 1.82) is 0 Å². The highest BCUT2D eigenvalue weighted by Gasteiger charge is 2.25. The number of hydrogen-bond donors (Lipinski definition) is 1. The van der Waals surface area contributed by atoms with Gasteiger partial charge in [-0.2, -0.15) is 5.10 Å². The van der Waals surface area contributed by atoms with Gasteiger partial charge in [-0.05, 0) is 38.5 Å². The minimum Gasteiger partial charge on any atom is -0.370 e. The highest BCUT2D eigenvalue weighted by Crippen LogP contribution is 2.21. The fourth-order valence-electron chi connectivity index (χ4n) is 3.69. The van der Waals surface area contributed by atoms with Crippen molar-refractivity contribution in [3.63, 3.8) is 0 Å². The molecule has 1 atom stereocenters. The first-order chi connectivity index (χ1) is 15.0. The van der Waals surface area contributed by atoms with Gasteiger partial charge in [0.25, 0.3) is 5.91 Å². The van der Waals surface area contributed by atoms with Gasteiger partial charge in [0.15, 0.2) is 5.96 Å². The summed E-state index contributed by atoms with van der Waals surface area (Å²) in [4.78, 5) is 21.4. The molecule has 2 aromatic rings. The van der Waals surface area contributed by atoms with Gasteiger partial charge in [0, 0.05) is 50.6 Å². The van der Waals surface area contributed by atoms with Crippen molar-refractivity contribution in [2.75, 3.05) is 39.3 Å². The molecule has 0 spiro atoms. The van der Waals surface area contributed by atoms with Gasteiger partial charge < -0.3 is 19.9 Å². The van der Waals surface area contributed by atoms with Crippen LogP contribution in [0.1, 0.15) is 48.4 Å². The normalized spacial score (nSPS) is 17.0. The predicted molar refractivity (Wildman–Crippen MR) is 122 cm³/mol. The Labute approximate surface area is 184 Å². The van der Waals surface area contributed by atoms with Crippen LogP contribution >= 0.6 is 0 Å². The molecule has 1 unspecified atom stereocenters. The molecule has 0 saturated carbocycles. The lowest BCUT2D eigenvalue weighted by Crippen LogP contribution is -2.48. The molecular weight excluding hydrogens is 392 g/mol. The van der Waals surface area contributed by atoms with Crippen LogP contribution in [-0.2, 0) is 18.3 Å². The summed E-state index contributed by atoms with van der Waals surface area (Å²) in [6.45, 7) is 11.0. The number of aryl methyl sites for hydroxylation is 1. The summed E-state index contributed by atoms with van der Waals surface area (Å²) in [6.07, 6.45) is 3.84. The smallest absolute Gasteiger partial charge is 0.253 e. The van der Waals surface area contributed by atoms with Crippen molar-refractivity contribution in [3.05, 3.63) is 53.3 Å². The number of nitrogens with one attached hydrogen (secondary N) is 1. The third-order valence-corrected chi connectivity index (χ3v) is 5.46. The Kier molecular flexibility index (Phi) is 8.06. The highest BCUT2D eigenvalue weighted by molar-refractivity contribution is 5.94. The van der Waals surface area contributed by atoms with Crippen LogP contribution in [0, 0.1) is 0 Å². The summed E-state index contributed by atoms with van der Waals surface area (Å²) in [5.41, 5.74) is 2.87. The fourth-order valence-corrected chi connectivity index (χ4v) is 3.69. The Bertz CT molecular complexity index is 872. The van der Waals surface area contributed by atoms with Gasteiger partial charge in [0.05, 0.1) is 25.9 Å². The molecule has 168 valence electrons. The molecule has 1 N–H and O–H groups in total. The Morgan fingerprint density at radius 2 is 2.00 bits per heavy atom. The third kappa shape index (κ3) is 5.85. The number of hydrogen-bond acceptors (Lipinski definition) is 4. The summed E-state index contributed by atoms with van der Waals surface area (Å²) < 4.78 is 7.76. The minimum atomic E-state index is -0.0170. The first-order valence-corrected chi connectivity index (χ1v) is 11.1. The van der Waals surface area contributed by atoms with Crippen LogP contribution in [0.25, 0.3) is 0 Å². The van der Waals surface area contributed by atoms with Crippen molar-refractivity contribution >= 4 is 11.9 Å². The summed E-state index contributed by atoms with van der Waals surface area (Å²) in [5.74, 6) is 0.950.